The van der Waals surface area contributed by atoms with Gasteiger partial charge in [0.2, 0.25) is 0 Å². The van der Waals surface area contributed by atoms with Crippen molar-refractivity contribution in [3.05, 3.63) is 24.3 Å². The first kappa shape index (κ1) is 14.5. The Labute approximate surface area is 117 Å². The molecule has 1 aliphatic rings. The van der Waals surface area contributed by atoms with Crippen molar-refractivity contribution in [3.8, 4) is 0 Å². The van der Waals surface area contributed by atoms with Crippen LogP contribution in [0.3, 0.4) is 0 Å². The fourth-order valence-corrected chi connectivity index (χ4v) is 2.84. The highest BCUT2D eigenvalue weighted by atomic mass is 32.2. The highest BCUT2D eigenvalue weighted by Gasteiger charge is 2.25. The van der Waals surface area contributed by atoms with E-state index in [0.29, 0.717) is 12.3 Å². The second-order valence-corrected chi connectivity index (χ2v) is 6.46. The summed E-state index contributed by atoms with van der Waals surface area (Å²) in [5, 5.41) is 2.84. The van der Waals surface area contributed by atoms with Gasteiger partial charge in [-0.2, -0.15) is 8.42 Å². The van der Waals surface area contributed by atoms with Gasteiger partial charge in [0.1, 0.15) is 17.2 Å². The highest BCUT2D eigenvalue weighted by molar-refractivity contribution is 7.90. The third-order valence-electron chi connectivity index (χ3n) is 2.56. The van der Waals surface area contributed by atoms with Gasteiger partial charge >= 0.3 is 5.97 Å². The summed E-state index contributed by atoms with van der Waals surface area (Å²) < 4.78 is 32.5. The van der Waals surface area contributed by atoms with Crippen LogP contribution < -0.4 is 5.32 Å². The number of ether oxygens (including phenoxy) is 1. The van der Waals surface area contributed by atoms with Crippen molar-refractivity contribution < 1.29 is 17.9 Å². The molecule has 0 spiro atoms. The number of esters is 1. The number of carbonyl (C=O) groups excluding carboxylic acids is 1. The number of hydrogen-bond acceptors (Lipinski definition) is 5. The molecule has 1 heterocycles. The molecule has 0 aliphatic carbocycles. The summed E-state index contributed by atoms with van der Waals surface area (Å²) >= 11 is 0. The minimum absolute atomic E-state index is 0.0810. The van der Waals surface area contributed by atoms with Crippen molar-refractivity contribution in [2.75, 3.05) is 11.9 Å². The number of amidine groups is 1. The molecule has 0 atom stereocenters. The van der Waals surface area contributed by atoms with Crippen molar-refractivity contribution in [1.29, 1.82) is 0 Å². The lowest BCUT2D eigenvalue weighted by Gasteiger charge is -2.17. The monoisotopic (exact) mass is 296 g/mol. The lowest BCUT2D eigenvalue weighted by atomic mass is 10.2. The van der Waals surface area contributed by atoms with E-state index in [9.17, 15) is 13.2 Å². The first-order valence-electron chi connectivity index (χ1n) is 6.24. The molecule has 0 radical (unpaired) electrons. The summed E-state index contributed by atoms with van der Waals surface area (Å²) in [6, 6.07) is 6.42. The van der Waals surface area contributed by atoms with Crippen LogP contribution in [0.15, 0.2) is 33.6 Å². The molecule has 1 N–H and O–H groups in total. The maximum atomic E-state index is 12.0. The van der Waals surface area contributed by atoms with E-state index >= 15 is 0 Å². The topological polar surface area (TPSA) is 84.8 Å². The second-order valence-electron chi connectivity index (χ2n) is 4.89. The molecule has 20 heavy (non-hydrogen) atoms. The fourth-order valence-electron chi connectivity index (χ4n) is 1.69. The lowest BCUT2D eigenvalue weighted by molar-refractivity contribution is -0.143. The van der Waals surface area contributed by atoms with Gasteiger partial charge in [0, 0.05) is 0 Å². The number of nitrogens with one attached hydrogen (secondary N) is 1. The number of para-hydroxylation sites is 1. The number of fused-ring (bicyclic) bond motifs is 1. The van der Waals surface area contributed by atoms with Gasteiger partial charge in [-0.15, -0.1) is 4.40 Å². The zero-order chi connectivity index (χ0) is 14.8. The summed E-state index contributed by atoms with van der Waals surface area (Å²) in [7, 11) is -3.75. The summed E-state index contributed by atoms with van der Waals surface area (Å²) in [5.41, 5.74) is 0.425. The zero-order valence-electron chi connectivity index (χ0n) is 11.3. The molecule has 2 rings (SSSR count). The molecule has 1 aromatic rings. The average Bonchev–Trinajstić information content (AvgIpc) is 2.35. The molecule has 7 heteroatoms. The standard InChI is InChI=1S/C13H16N2O4S/c1-9(2)8-19-13(16)7-12-14-10-5-3-4-6-11(10)20(17,18)15-12/h3-6,9H,7-8H2,1-2H3,(H,14,15). The van der Waals surface area contributed by atoms with Crippen molar-refractivity contribution in [2.24, 2.45) is 10.3 Å². The number of carbonyl (C=O) groups is 1. The van der Waals surface area contributed by atoms with Gasteiger partial charge in [-0.1, -0.05) is 26.0 Å². The Morgan fingerprint density at radius 2 is 2.05 bits per heavy atom. The predicted octanol–water partition coefficient (Wildman–Crippen LogP) is 1.79. The number of hydrogen-bond donors (Lipinski definition) is 1. The molecule has 108 valence electrons. The van der Waals surface area contributed by atoms with E-state index in [1.807, 2.05) is 13.8 Å². The molecule has 0 bridgehead atoms. The maximum Gasteiger partial charge on any atom is 0.313 e. The van der Waals surface area contributed by atoms with Crippen LogP contribution in [0.2, 0.25) is 0 Å². The summed E-state index contributed by atoms with van der Waals surface area (Å²) in [5.74, 6) is -0.193. The molecule has 0 fully saturated rings. The van der Waals surface area contributed by atoms with Gasteiger partial charge < -0.3 is 10.1 Å². The van der Waals surface area contributed by atoms with Crippen LogP contribution in [0.25, 0.3) is 0 Å². The first-order chi connectivity index (χ1) is 9.38. The summed E-state index contributed by atoms with van der Waals surface area (Å²) in [6.07, 6.45) is -0.194. The number of benzene rings is 1. The zero-order valence-corrected chi connectivity index (χ0v) is 12.1. The number of rotatable bonds is 4. The smallest absolute Gasteiger partial charge is 0.313 e. The molecule has 1 aliphatic heterocycles. The summed E-state index contributed by atoms with van der Waals surface area (Å²) in [4.78, 5) is 11.7. The number of anilines is 1. The number of nitrogens with zero attached hydrogens (tertiary/aromatic N) is 1. The Kier molecular flexibility index (Phi) is 4.08. The molecule has 6 nitrogen and oxygen atoms in total. The van der Waals surface area contributed by atoms with Crippen LogP contribution >= 0.6 is 0 Å². The Balaban J connectivity index is 2.13. The van der Waals surface area contributed by atoms with E-state index in [2.05, 4.69) is 9.71 Å². The maximum absolute atomic E-state index is 12.0. The Morgan fingerprint density at radius 1 is 1.35 bits per heavy atom. The Bertz CT molecular complexity index is 650. The molecule has 1 aromatic carbocycles. The molecular formula is C13H16N2O4S. The average molecular weight is 296 g/mol. The van der Waals surface area contributed by atoms with Crippen molar-refractivity contribution in [2.45, 2.75) is 25.2 Å². The molecular weight excluding hydrogens is 280 g/mol. The predicted molar refractivity (Wildman–Crippen MR) is 75.1 cm³/mol. The third kappa shape index (κ3) is 3.36. The van der Waals surface area contributed by atoms with E-state index in [4.69, 9.17) is 4.74 Å². The molecule has 0 saturated heterocycles. The second kappa shape index (κ2) is 5.62. The SMILES string of the molecule is CC(C)COC(=O)CC1=NS(=O)(=O)c2ccccc2N1. The minimum atomic E-state index is -3.75. The quantitative estimate of drug-likeness (QED) is 0.856. The van der Waals surface area contributed by atoms with E-state index < -0.39 is 16.0 Å². The lowest BCUT2D eigenvalue weighted by Crippen LogP contribution is -2.25. The summed E-state index contributed by atoms with van der Waals surface area (Å²) in [6.45, 7) is 4.14. The highest BCUT2D eigenvalue weighted by Crippen LogP contribution is 2.27. The van der Waals surface area contributed by atoms with Crippen LogP contribution in [0.5, 0.6) is 0 Å². The largest absolute Gasteiger partial charge is 0.465 e. The van der Waals surface area contributed by atoms with E-state index in [1.165, 1.54) is 6.07 Å². The van der Waals surface area contributed by atoms with Crippen molar-refractivity contribution in [3.63, 3.8) is 0 Å². The molecule has 0 saturated carbocycles. The fraction of sp³-hybridized carbons (Fsp3) is 0.385. The van der Waals surface area contributed by atoms with E-state index in [0.717, 1.165) is 0 Å². The van der Waals surface area contributed by atoms with Crippen LogP contribution in [0.4, 0.5) is 5.69 Å². The van der Waals surface area contributed by atoms with E-state index in [-0.39, 0.29) is 23.1 Å². The number of sulfonamides is 1. The van der Waals surface area contributed by atoms with E-state index in [1.54, 1.807) is 18.2 Å². The normalized spacial score (nSPS) is 16.1. The van der Waals surface area contributed by atoms with Gasteiger partial charge in [0.05, 0.1) is 12.3 Å². The molecule has 0 amide bonds. The van der Waals surface area contributed by atoms with Crippen molar-refractivity contribution >= 4 is 27.5 Å². The Morgan fingerprint density at radius 3 is 2.75 bits per heavy atom. The van der Waals surface area contributed by atoms with Crippen LogP contribution in [-0.4, -0.2) is 26.8 Å². The molecule has 0 unspecified atom stereocenters. The van der Waals surface area contributed by atoms with Gasteiger partial charge in [-0.3, -0.25) is 4.79 Å². The van der Waals surface area contributed by atoms with Crippen LogP contribution in [0.1, 0.15) is 20.3 Å². The van der Waals surface area contributed by atoms with Gasteiger partial charge in [0.25, 0.3) is 10.0 Å². The van der Waals surface area contributed by atoms with Crippen molar-refractivity contribution in [1.82, 2.24) is 0 Å². The third-order valence-corrected chi connectivity index (χ3v) is 3.94. The Hall–Kier alpha value is -1.89. The van der Waals surface area contributed by atoms with Gasteiger partial charge in [0.15, 0.2) is 0 Å². The first-order valence-corrected chi connectivity index (χ1v) is 7.68. The van der Waals surface area contributed by atoms with Gasteiger partial charge in [-0.25, -0.2) is 0 Å². The van der Waals surface area contributed by atoms with Crippen LogP contribution in [-0.2, 0) is 19.6 Å². The van der Waals surface area contributed by atoms with Crippen LogP contribution in [0, 0.1) is 5.92 Å². The van der Waals surface area contributed by atoms with Gasteiger partial charge in [-0.05, 0) is 18.1 Å². The molecule has 0 aromatic heterocycles. The minimum Gasteiger partial charge on any atom is -0.465 e.